The highest BCUT2D eigenvalue weighted by atomic mass is 15.3. The van der Waals surface area contributed by atoms with Crippen molar-refractivity contribution in [3.63, 3.8) is 0 Å². The summed E-state index contributed by atoms with van der Waals surface area (Å²) in [6.07, 6.45) is 0. The Bertz CT molecular complexity index is 448. The Morgan fingerprint density at radius 3 is 2.09 bits per heavy atom. The molecule has 1 saturated heterocycles. The summed E-state index contributed by atoms with van der Waals surface area (Å²) in [7, 11) is 0. The second-order valence-corrected chi connectivity index (χ2v) is 5.59. The van der Waals surface area contributed by atoms with Crippen molar-refractivity contribution in [2.45, 2.75) is 27.7 Å². The topological polar surface area (TPSA) is 34.6 Å². The Kier molecular flexibility index (Phi) is 6.31. The normalized spacial score (nSPS) is 15.0. The molecule has 22 heavy (non-hydrogen) atoms. The molecule has 5 heteroatoms. The first-order valence-electron chi connectivity index (χ1n) is 8.71. The van der Waals surface area contributed by atoms with Crippen molar-refractivity contribution in [3.8, 4) is 0 Å². The van der Waals surface area contributed by atoms with Gasteiger partial charge < -0.3 is 20.0 Å². The highest BCUT2D eigenvalue weighted by Crippen LogP contribution is 2.30. The predicted molar refractivity (Wildman–Crippen MR) is 96.4 cm³/mol. The number of nitrogens with zero attached hydrogens (tertiary/aromatic N) is 4. The second-order valence-electron chi connectivity index (χ2n) is 5.59. The summed E-state index contributed by atoms with van der Waals surface area (Å²) in [5.41, 5.74) is 1.26. The molecule has 1 aliphatic heterocycles. The molecule has 124 valence electrons. The molecule has 0 spiro atoms. The third-order valence-electron chi connectivity index (χ3n) is 4.45. The van der Waals surface area contributed by atoms with Crippen molar-refractivity contribution in [2.75, 3.05) is 67.1 Å². The molecular weight excluding hydrogens is 274 g/mol. The van der Waals surface area contributed by atoms with Crippen LogP contribution < -0.4 is 20.0 Å². The van der Waals surface area contributed by atoms with Crippen molar-refractivity contribution >= 4 is 17.3 Å². The standard InChI is InChI=1S/C17H31N5/c1-5-20(6-2)15-9-10-16(22-13-11-18-12-14-22)19-17(15)21(7-3)8-4/h9-10,18H,5-8,11-14H2,1-4H3. The molecule has 0 amide bonds. The third kappa shape index (κ3) is 3.64. The molecule has 0 unspecified atom stereocenters. The van der Waals surface area contributed by atoms with Gasteiger partial charge in [-0.1, -0.05) is 0 Å². The van der Waals surface area contributed by atoms with Crippen LogP contribution in [-0.4, -0.2) is 57.3 Å². The lowest BCUT2D eigenvalue weighted by molar-refractivity contribution is 0.584. The first-order chi connectivity index (χ1) is 10.7. The Labute approximate surface area is 135 Å². The van der Waals surface area contributed by atoms with E-state index in [-0.39, 0.29) is 0 Å². The molecule has 0 aromatic carbocycles. The van der Waals surface area contributed by atoms with Gasteiger partial charge in [0.25, 0.3) is 0 Å². The minimum Gasteiger partial charge on any atom is -0.369 e. The summed E-state index contributed by atoms with van der Waals surface area (Å²) in [5, 5.41) is 3.40. The van der Waals surface area contributed by atoms with Crippen molar-refractivity contribution in [1.82, 2.24) is 10.3 Å². The van der Waals surface area contributed by atoms with Gasteiger partial charge in [0.2, 0.25) is 0 Å². The quantitative estimate of drug-likeness (QED) is 0.835. The number of hydrogen-bond acceptors (Lipinski definition) is 5. The van der Waals surface area contributed by atoms with E-state index in [9.17, 15) is 0 Å². The maximum absolute atomic E-state index is 5.04. The van der Waals surface area contributed by atoms with E-state index in [0.29, 0.717) is 0 Å². The van der Waals surface area contributed by atoms with Gasteiger partial charge in [0.1, 0.15) is 5.82 Å². The summed E-state index contributed by atoms with van der Waals surface area (Å²) in [6.45, 7) is 17.0. The van der Waals surface area contributed by atoms with Gasteiger partial charge in [-0.3, -0.25) is 0 Å². The first kappa shape index (κ1) is 16.9. The molecule has 0 bridgehead atoms. The molecule has 1 N–H and O–H groups in total. The average Bonchev–Trinajstić information content (AvgIpc) is 2.59. The largest absolute Gasteiger partial charge is 0.369 e. The Hall–Kier alpha value is -1.49. The minimum absolute atomic E-state index is 0.989. The third-order valence-corrected chi connectivity index (χ3v) is 4.45. The molecule has 0 radical (unpaired) electrons. The monoisotopic (exact) mass is 305 g/mol. The number of anilines is 3. The van der Waals surface area contributed by atoms with E-state index in [1.165, 1.54) is 5.69 Å². The Balaban J connectivity index is 2.37. The fourth-order valence-electron chi connectivity index (χ4n) is 3.07. The molecule has 0 saturated carbocycles. The first-order valence-corrected chi connectivity index (χ1v) is 8.71. The second kappa shape index (κ2) is 8.22. The maximum Gasteiger partial charge on any atom is 0.154 e. The summed E-state index contributed by atoms with van der Waals surface area (Å²) in [4.78, 5) is 12.2. The molecule has 2 heterocycles. The highest BCUT2D eigenvalue weighted by molar-refractivity contribution is 5.70. The number of nitrogens with one attached hydrogen (secondary N) is 1. The summed E-state index contributed by atoms with van der Waals surface area (Å²) < 4.78 is 0. The van der Waals surface area contributed by atoms with Gasteiger partial charge in [0, 0.05) is 52.4 Å². The molecule has 1 aliphatic rings. The van der Waals surface area contributed by atoms with E-state index in [1.54, 1.807) is 0 Å². The molecule has 1 fully saturated rings. The SMILES string of the molecule is CCN(CC)c1ccc(N2CCNCC2)nc1N(CC)CC. The van der Waals surface area contributed by atoms with E-state index < -0.39 is 0 Å². The van der Waals surface area contributed by atoms with Crippen molar-refractivity contribution in [2.24, 2.45) is 0 Å². The molecule has 1 aromatic rings. The fourth-order valence-corrected chi connectivity index (χ4v) is 3.07. The summed E-state index contributed by atoms with van der Waals surface area (Å²) in [5.74, 6) is 2.24. The molecule has 0 aliphatic carbocycles. The summed E-state index contributed by atoms with van der Waals surface area (Å²) in [6, 6.07) is 4.44. The van der Waals surface area contributed by atoms with E-state index in [0.717, 1.165) is 64.0 Å². The smallest absolute Gasteiger partial charge is 0.154 e. The lowest BCUT2D eigenvalue weighted by atomic mass is 10.2. The maximum atomic E-state index is 5.04. The molecular formula is C17H31N5. The minimum atomic E-state index is 0.989. The Morgan fingerprint density at radius 2 is 1.55 bits per heavy atom. The van der Waals surface area contributed by atoms with Gasteiger partial charge >= 0.3 is 0 Å². The predicted octanol–water partition coefficient (Wildman–Crippen LogP) is 2.18. The number of rotatable bonds is 7. The van der Waals surface area contributed by atoms with Crippen LogP contribution in [0.2, 0.25) is 0 Å². The zero-order valence-corrected chi connectivity index (χ0v) is 14.6. The van der Waals surface area contributed by atoms with Crippen LogP contribution in [0.5, 0.6) is 0 Å². The van der Waals surface area contributed by atoms with E-state index in [4.69, 9.17) is 4.98 Å². The van der Waals surface area contributed by atoms with E-state index in [1.807, 2.05) is 0 Å². The molecule has 5 nitrogen and oxygen atoms in total. The lowest BCUT2D eigenvalue weighted by Crippen LogP contribution is -2.44. The number of aromatic nitrogens is 1. The van der Waals surface area contributed by atoms with Gasteiger partial charge in [0.05, 0.1) is 5.69 Å². The van der Waals surface area contributed by atoms with Crippen LogP contribution in [0.15, 0.2) is 12.1 Å². The fraction of sp³-hybridized carbons (Fsp3) is 0.706. The van der Waals surface area contributed by atoms with Crippen LogP contribution in [0.1, 0.15) is 27.7 Å². The van der Waals surface area contributed by atoms with Crippen LogP contribution in [0.3, 0.4) is 0 Å². The van der Waals surface area contributed by atoms with Crippen LogP contribution in [0, 0.1) is 0 Å². The van der Waals surface area contributed by atoms with Crippen molar-refractivity contribution in [3.05, 3.63) is 12.1 Å². The van der Waals surface area contributed by atoms with Gasteiger partial charge in [-0.2, -0.15) is 0 Å². The van der Waals surface area contributed by atoms with Crippen LogP contribution in [0.25, 0.3) is 0 Å². The average molecular weight is 305 g/mol. The van der Waals surface area contributed by atoms with Crippen LogP contribution >= 0.6 is 0 Å². The number of piperazine rings is 1. The Morgan fingerprint density at radius 1 is 0.955 bits per heavy atom. The lowest BCUT2D eigenvalue weighted by Gasteiger charge is -2.33. The van der Waals surface area contributed by atoms with E-state index in [2.05, 4.69) is 59.8 Å². The molecule has 1 aromatic heterocycles. The van der Waals surface area contributed by atoms with Crippen molar-refractivity contribution in [1.29, 1.82) is 0 Å². The van der Waals surface area contributed by atoms with Crippen LogP contribution in [-0.2, 0) is 0 Å². The van der Waals surface area contributed by atoms with Crippen molar-refractivity contribution < 1.29 is 0 Å². The zero-order valence-electron chi connectivity index (χ0n) is 14.6. The van der Waals surface area contributed by atoms with Gasteiger partial charge in [-0.25, -0.2) is 4.98 Å². The highest BCUT2D eigenvalue weighted by Gasteiger charge is 2.18. The molecule has 2 rings (SSSR count). The number of pyridine rings is 1. The molecule has 0 atom stereocenters. The van der Waals surface area contributed by atoms with Gasteiger partial charge in [-0.15, -0.1) is 0 Å². The van der Waals surface area contributed by atoms with Gasteiger partial charge in [0.15, 0.2) is 5.82 Å². The van der Waals surface area contributed by atoms with Crippen LogP contribution in [0.4, 0.5) is 17.3 Å². The van der Waals surface area contributed by atoms with Gasteiger partial charge in [-0.05, 0) is 39.8 Å². The van der Waals surface area contributed by atoms with E-state index >= 15 is 0 Å². The number of hydrogen-bond donors (Lipinski definition) is 1. The zero-order chi connectivity index (χ0) is 15.9. The summed E-state index contributed by atoms with van der Waals surface area (Å²) >= 11 is 0.